The lowest BCUT2D eigenvalue weighted by atomic mass is 10.0. The first kappa shape index (κ1) is 19.7. The zero-order valence-corrected chi connectivity index (χ0v) is 14.0. The van der Waals surface area contributed by atoms with Gasteiger partial charge in [-0.05, 0) is 12.8 Å². The van der Waals surface area contributed by atoms with Crippen LogP contribution in [0.5, 0.6) is 0 Å². The predicted molar refractivity (Wildman–Crippen MR) is 93.1 cm³/mol. The number of rotatable bonds is 16. The molecular formula is C19H39N. The van der Waals surface area contributed by atoms with Gasteiger partial charge in [-0.2, -0.15) is 0 Å². The van der Waals surface area contributed by atoms with Crippen LogP contribution in [0.3, 0.4) is 0 Å². The molecule has 0 aromatic rings. The summed E-state index contributed by atoms with van der Waals surface area (Å²) in [6, 6.07) is 0. The molecule has 120 valence electrons. The van der Waals surface area contributed by atoms with E-state index >= 15 is 0 Å². The van der Waals surface area contributed by atoms with Crippen molar-refractivity contribution in [2.45, 2.75) is 103 Å². The maximum Gasteiger partial charge on any atom is 0.0106 e. The third-order valence-corrected chi connectivity index (χ3v) is 4.03. The highest BCUT2D eigenvalue weighted by molar-refractivity contribution is 4.81. The smallest absolute Gasteiger partial charge is 0.0106 e. The molecule has 0 radical (unpaired) electrons. The summed E-state index contributed by atoms with van der Waals surface area (Å²) in [6.07, 6.45) is 25.6. The van der Waals surface area contributed by atoms with Gasteiger partial charge >= 0.3 is 0 Å². The molecule has 0 amide bonds. The predicted octanol–water partition coefficient (Wildman–Crippen LogP) is 6.37. The fourth-order valence-corrected chi connectivity index (χ4v) is 2.67. The van der Waals surface area contributed by atoms with Gasteiger partial charge < -0.3 is 5.73 Å². The summed E-state index contributed by atoms with van der Waals surface area (Å²) in [6.45, 7) is 2.98. The van der Waals surface area contributed by atoms with Crippen molar-refractivity contribution in [3.05, 3.63) is 12.2 Å². The third-order valence-electron chi connectivity index (χ3n) is 4.03. The number of unbranched alkanes of at least 4 members (excludes halogenated alkanes) is 14. The number of allylic oxidation sites excluding steroid dienone is 1. The van der Waals surface area contributed by atoms with E-state index in [9.17, 15) is 0 Å². The Morgan fingerprint density at radius 1 is 0.550 bits per heavy atom. The molecule has 0 aromatic heterocycles. The molecule has 0 atom stereocenters. The summed E-state index contributed by atoms with van der Waals surface area (Å²) in [5.74, 6) is 0. The van der Waals surface area contributed by atoms with Crippen LogP contribution in [-0.4, -0.2) is 6.54 Å². The lowest BCUT2D eigenvalue weighted by molar-refractivity contribution is 0.536. The van der Waals surface area contributed by atoms with Crippen molar-refractivity contribution in [1.82, 2.24) is 0 Å². The summed E-state index contributed by atoms with van der Waals surface area (Å²) in [5, 5.41) is 0. The first-order chi connectivity index (χ1) is 9.91. The summed E-state index contributed by atoms with van der Waals surface area (Å²) in [4.78, 5) is 0. The lowest BCUT2D eigenvalue weighted by Gasteiger charge is -2.02. The molecule has 0 saturated carbocycles. The van der Waals surface area contributed by atoms with Crippen LogP contribution in [0, 0.1) is 0 Å². The van der Waals surface area contributed by atoms with E-state index in [2.05, 4.69) is 19.1 Å². The van der Waals surface area contributed by atoms with Gasteiger partial charge in [-0.15, -0.1) is 0 Å². The monoisotopic (exact) mass is 281 g/mol. The van der Waals surface area contributed by atoms with Crippen LogP contribution in [0.4, 0.5) is 0 Å². The molecule has 2 N–H and O–H groups in total. The maximum absolute atomic E-state index is 5.40. The maximum atomic E-state index is 5.40. The summed E-state index contributed by atoms with van der Waals surface area (Å²) >= 11 is 0. The second-order valence-corrected chi connectivity index (χ2v) is 6.09. The van der Waals surface area contributed by atoms with Gasteiger partial charge in [0.25, 0.3) is 0 Å². The van der Waals surface area contributed by atoms with E-state index in [1.165, 1.54) is 96.3 Å². The quantitative estimate of drug-likeness (QED) is 0.258. The Bertz CT molecular complexity index is 186. The first-order valence-corrected chi connectivity index (χ1v) is 9.27. The van der Waals surface area contributed by atoms with Crippen molar-refractivity contribution in [3.8, 4) is 0 Å². The van der Waals surface area contributed by atoms with Gasteiger partial charge in [0, 0.05) is 6.54 Å². The van der Waals surface area contributed by atoms with E-state index in [0.29, 0.717) is 6.54 Å². The van der Waals surface area contributed by atoms with Crippen molar-refractivity contribution in [3.63, 3.8) is 0 Å². The molecule has 0 bridgehead atoms. The average Bonchev–Trinajstić information content (AvgIpc) is 2.47. The van der Waals surface area contributed by atoms with Gasteiger partial charge in [-0.1, -0.05) is 103 Å². The van der Waals surface area contributed by atoms with E-state index in [1.807, 2.05) is 0 Å². The summed E-state index contributed by atoms with van der Waals surface area (Å²) in [7, 11) is 0. The molecule has 0 aliphatic carbocycles. The third kappa shape index (κ3) is 17.7. The van der Waals surface area contributed by atoms with Crippen molar-refractivity contribution in [1.29, 1.82) is 0 Å². The average molecular weight is 282 g/mol. The molecule has 20 heavy (non-hydrogen) atoms. The van der Waals surface area contributed by atoms with Gasteiger partial charge in [-0.3, -0.25) is 0 Å². The molecule has 0 rings (SSSR count). The molecule has 1 nitrogen and oxygen atoms in total. The Hall–Kier alpha value is -0.300. The van der Waals surface area contributed by atoms with Crippen LogP contribution in [0.2, 0.25) is 0 Å². The molecule has 0 saturated heterocycles. The normalized spacial score (nSPS) is 11.5. The molecule has 0 fully saturated rings. The highest BCUT2D eigenvalue weighted by Crippen LogP contribution is 2.13. The Morgan fingerprint density at radius 2 is 0.950 bits per heavy atom. The Kier molecular flexibility index (Phi) is 18.4. The zero-order valence-electron chi connectivity index (χ0n) is 14.0. The molecule has 1 heteroatoms. The molecule has 0 unspecified atom stereocenters. The molecule has 0 aromatic carbocycles. The van der Waals surface area contributed by atoms with Crippen LogP contribution in [0.1, 0.15) is 103 Å². The Labute approximate surface area is 128 Å². The second-order valence-electron chi connectivity index (χ2n) is 6.09. The van der Waals surface area contributed by atoms with Gasteiger partial charge in [0.1, 0.15) is 0 Å². The van der Waals surface area contributed by atoms with Gasteiger partial charge in [0.15, 0.2) is 0 Å². The molecule has 0 spiro atoms. The molecule has 0 aliphatic rings. The summed E-state index contributed by atoms with van der Waals surface area (Å²) in [5.41, 5.74) is 5.40. The van der Waals surface area contributed by atoms with E-state index in [1.54, 1.807) is 0 Å². The largest absolute Gasteiger partial charge is 0.327 e. The highest BCUT2D eigenvalue weighted by Gasteiger charge is 1.93. The fourth-order valence-electron chi connectivity index (χ4n) is 2.67. The number of hydrogen-bond donors (Lipinski definition) is 1. The van der Waals surface area contributed by atoms with E-state index < -0.39 is 0 Å². The van der Waals surface area contributed by atoms with Gasteiger partial charge in [0.2, 0.25) is 0 Å². The highest BCUT2D eigenvalue weighted by atomic mass is 14.5. The number of nitrogens with two attached hydrogens (primary N) is 1. The molecule has 0 heterocycles. The van der Waals surface area contributed by atoms with E-state index in [4.69, 9.17) is 5.73 Å². The molecule has 0 aliphatic heterocycles. The Morgan fingerprint density at radius 3 is 1.35 bits per heavy atom. The van der Waals surface area contributed by atoms with Crippen molar-refractivity contribution < 1.29 is 0 Å². The minimum atomic E-state index is 0.693. The van der Waals surface area contributed by atoms with E-state index in [0.717, 1.165) is 0 Å². The van der Waals surface area contributed by atoms with Crippen LogP contribution in [0.15, 0.2) is 12.2 Å². The standard InChI is InChI=1S/C19H39N/c1-2-3-4-5-6-7-8-9-10-11-12-13-14-15-16-17-18-19-20/h17-18H,2-16,19-20H2,1H3. The minimum absolute atomic E-state index is 0.693. The lowest BCUT2D eigenvalue weighted by Crippen LogP contribution is -1.91. The summed E-state index contributed by atoms with van der Waals surface area (Å²) < 4.78 is 0. The Balaban J connectivity index is 2.94. The molecular weight excluding hydrogens is 242 g/mol. The second kappa shape index (κ2) is 18.7. The number of hydrogen-bond acceptors (Lipinski definition) is 1. The SMILES string of the molecule is CCCCCCCCCCCCCCCCC=CCN. The van der Waals surface area contributed by atoms with Crippen LogP contribution in [0.25, 0.3) is 0 Å². The van der Waals surface area contributed by atoms with E-state index in [-0.39, 0.29) is 0 Å². The van der Waals surface area contributed by atoms with Gasteiger partial charge in [0.05, 0.1) is 0 Å². The van der Waals surface area contributed by atoms with Crippen LogP contribution in [-0.2, 0) is 0 Å². The fraction of sp³-hybridized carbons (Fsp3) is 0.895. The minimum Gasteiger partial charge on any atom is -0.327 e. The zero-order chi connectivity index (χ0) is 14.7. The first-order valence-electron chi connectivity index (χ1n) is 9.27. The van der Waals surface area contributed by atoms with Crippen LogP contribution >= 0.6 is 0 Å². The van der Waals surface area contributed by atoms with Crippen molar-refractivity contribution >= 4 is 0 Å². The topological polar surface area (TPSA) is 26.0 Å². The van der Waals surface area contributed by atoms with Crippen LogP contribution < -0.4 is 5.73 Å². The van der Waals surface area contributed by atoms with Crippen molar-refractivity contribution in [2.75, 3.05) is 6.54 Å². The van der Waals surface area contributed by atoms with Gasteiger partial charge in [-0.25, -0.2) is 0 Å². The van der Waals surface area contributed by atoms with Crippen molar-refractivity contribution in [2.24, 2.45) is 5.73 Å².